The van der Waals surface area contributed by atoms with E-state index in [-0.39, 0.29) is 13.1 Å². The van der Waals surface area contributed by atoms with E-state index in [2.05, 4.69) is 10.4 Å². The summed E-state index contributed by atoms with van der Waals surface area (Å²) in [6.07, 6.45) is 0.279. The average molecular weight is 444 g/mol. The van der Waals surface area contributed by atoms with Crippen LogP contribution in [0.1, 0.15) is 5.56 Å². The van der Waals surface area contributed by atoms with Gasteiger partial charge in [-0.2, -0.15) is 5.10 Å². The number of carboxylic acid groups (broad SMARTS) is 1. The molecule has 4 rings (SSSR count). The van der Waals surface area contributed by atoms with Gasteiger partial charge in [-0.25, -0.2) is 13.9 Å². The van der Waals surface area contributed by atoms with Crippen molar-refractivity contribution in [3.8, 4) is 28.1 Å². The Morgan fingerprint density at radius 2 is 1.55 bits per heavy atom. The maximum atomic E-state index is 14.7. The number of nitrogens with one attached hydrogen (secondary N) is 2. The lowest BCUT2D eigenvalue weighted by atomic mass is 10.0. The molecule has 0 fully saturated rings. The molecule has 1 aromatic heterocycles. The first-order chi connectivity index (χ1) is 16.0. The second-order valence-electron chi connectivity index (χ2n) is 7.26. The Labute approximate surface area is 189 Å². The van der Waals surface area contributed by atoms with Gasteiger partial charge in [-0.3, -0.25) is 4.79 Å². The third-order valence-electron chi connectivity index (χ3n) is 5.07. The van der Waals surface area contributed by atoms with Crippen LogP contribution in [0.4, 0.5) is 9.18 Å². The highest BCUT2D eigenvalue weighted by Gasteiger charge is 2.18. The highest BCUT2D eigenvalue weighted by molar-refractivity contribution is 5.81. The van der Waals surface area contributed by atoms with E-state index in [4.69, 9.17) is 5.11 Å². The SMILES string of the molecule is O=C(O)NCC(=O)NCc1cnn(-c2ccc(-c3ccccc3)cc2)c1-c1ccccc1F. The third-order valence-corrected chi connectivity index (χ3v) is 5.07. The summed E-state index contributed by atoms with van der Waals surface area (Å²) in [5.74, 6) is -0.919. The molecule has 0 atom stereocenters. The Morgan fingerprint density at radius 1 is 0.879 bits per heavy atom. The molecule has 0 aliphatic rings. The van der Waals surface area contributed by atoms with Gasteiger partial charge >= 0.3 is 6.09 Å². The maximum Gasteiger partial charge on any atom is 0.405 e. The van der Waals surface area contributed by atoms with Gasteiger partial charge in [0.25, 0.3) is 0 Å². The zero-order chi connectivity index (χ0) is 23.2. The maximum absolute atomic E-state index is 14.7. The molecule has 166 valence electrons. The molecule has 0 radical (unpaired) electrons. The minimum absolute atomic E-state index is 0.0614. The van der Waals surface area contributed by atoms with Crippen LogP contribution in [-0.2, 0) is 11.3 Å². The number of aromatic nitrogens is 2. The molecule has 0 bridgehead atoms. The lowest BCUT2D eigenvalue weighted by Crippen LogP contribution is -2.35. The number of benzene rings is 3. The molecule has 0 aliphatic heterocycles. The molecule has 4 aromatic rings. The zero-order valence-electron chi connectivity index (χ0n) is 17.5. The van der Waals surface area contributed by atoms with Crippen LogP contribution in [0.2, 0.25) is 0 Å². The molecule has 33 heavy (non-hydrogen) atoms. The van der Waals surface area contributed by atoms with Crippen LogP contribution < -0.4 is 10.6 Å². The molecule has 0 saturated carbocycles. The number of hydrogen-bond donors (Lipinski definition) is 3. The van der Waals surface area contributed by atoms with Crippen LogP contribution in [0.3, 0.4) is 0 Å². The van der Waals surface area contributed by atoms with Crippen LogP contribution in [0.15, 0.2) is 85.1 Å². The fourth-order valence-corrected chi connectivity index (χ4v) is 3.49. The first-order valence-corrected chi connectivity index (χ1v) is 10.2. The monoisotopic (exact) mass is 444 g/mol. The fraction of sp³-hybridized carbons (Fsp3) is 0.0800. The van der Waals surface area contributed by atoms with Gasteiger partial charge in [0.05, 0.1) is 24.1 Å². The van der Waals surface area contributed by atoms with E-state index in [1.165, 1.54) is 6.07 Å². The van der Waals surface area contributed by atoms with Gasteiger partial charge in [-0.15, -0.1) is 0 Å². The van der Waals surface area contributed by atoms with Gasteiger partial charge < -0.3 is 15.7 Å². The molecule has 0 saturated heterocycles. The van der Waals surface area contributed by atoms with Crippen LogP contribution >= 0.6 is 0 Å². The van der Waals surface area contributed by atoms with Crippen molar-refractivity contribution in [1.29, 1.82) is 0 Å². The van der Waals surface area contributed by atoms with Gasteiger partial charge in [0, 0.05) is 17.7 Å². The molecule has 7 nitrogen and oxygen atoms in total. The molecule has 8 heteroatoms. The van der Waals surface area contributed by atoms with E-state index in [0.29, 0.717) is 16.8 Å². The van der Waals surface area contributed by atoms with E-state index in [9.17, 15) is 14.0 Å². The second-order valence-corrected chi connectivity index (χ2v) is 7.26. The van der Waals surface area contributed by atoms with Gasteiger partial charge in [-0.1, -0.05) is 54.6 Å². The summed E-state index contributed by atoms with van der Waals surface area (Å²) in [6, 6.07) is 24.0. The van der Waals surface area contributed by atoms with Crippen molar-refractivity contribution in [3.63, 3.8) is 0 Å². The Bertz CT molecular complexity index is 1270. The van der Waals surface area contributed by atoms with Crippen LogP contribution in [0.5, 0.6) is 0 Å². The lowest BCUT2D eigenvalue weighted by molar-refractivity contribution is -0.120. The summed E-state index contributed by atoms with van der Waals surface area (Å²) < 4.78 is 16.3. The normalized spacial score (nSPS) is 10.6. The molecule has 0 unspecified atom stereocenters. The molecule has 2 amide bonds. The minimum Gasteiger partial charge on any atom is -0.465 e. The van der Waals surface area contributed by atoms with E-state index in [1.807, 2.05) is 59.9 Å². The molecular formula is C25H21FN4O3. The Balaban J connectivity index is 1.66. The van der Waals surface area contributed by atoms with Gasteiger partial charge in [0.15, 0.2) is 0 Å². The van der Waals surface area contributed by atoms with Crippen molar-refractivity contribution < 1.29 is 19.1 Å². The predicted molar refractivity (Wildman–Crippen MR) is 122 cm³/mol. The molecule has 3 N–H and O–H groups in total. The van der Waals surface area contributed by atoms with Gasteiger partial charge in [-0.05, 0) is 35.4 Å². The van der Waals surface area contributed by atoms with E-state index in [1.54, 1.807) is 29.1 Å². The molecule has 0 spiro atoms. The first-order valence-electron chi connectivity index (χ1n) is 10.2. The lowest BCUT2D eigenvalue weighted by Gasteiger charge is -2.12. The average Bonchev–Trinajstić information content (AvgIpc) is 3.26. The van der Waals surface area contributed by atoms with Crippen molar-refractivity contribution in [1.82, 2.24) is 20.4 Å². The molecule has 0 aliphatic carbocycles. The van der Waals surface area contributed by atoms with Crippen LogP contribution in [0.25, 0.3) is 28.1 Å². The number of halogens is 1. The first kappa shape index (κ1) is 21.8. The number of nitrogens with zero attached hydrogens (tertiary/aromatic N) is 2. The summed E-state index contributed by atoms with van der Waals surface area (Å²) in [5, 5.41) is 17.7. The second kappa shape index (κ2) is 9.78. The summed E-state index contributed by atoms with van der Waals surface area (Å²) in [7, 11) is 0. The zero-order valence-corrected chi connectivity index (χ0v) is 17.5. The summed E-state index contributed by atoms with van der Waals surface area (Å²) in [5.41, 5.74) is 4.30. The predicted octanol–water partition coefficient (Wildman–Crippen LogP) is 4.23. The van der Waals surface area contributed by atoms with E-state index >= 15 is 0 Å². The number of carbonyl (C=O) groups is 2. The van der Waals surface area contributed by atoms with Gasteiger partial charge in [0.2, 0.25) is 5.91 Å². The van der Waals surface area contributed by atoms with Crippen molar-refractivity contribution in [3.05, 3.63) is 96.4 Å². The molecule has 3 aromatic carbocycles. The number of carbonyl (C=O) groups excluding carboxylic acids is 1. The smallest absolute Gasteiger partial charge is 0.405 e. The number of amides is 2. The molecule has 1 heterocycles. The van der Waals surface area contributed by atoms with Crippen molar-refractivity contribution in [2.45, 2.75) is 6.54 Å². The van der Waals surface area contributed by atoms with Crippen LogP contribution in [-0.4, -0.2) is 33.4 Å². The van der Waals surface area contributed by atoms with Crippen molar-refractivity contribution in [2.75, 3.05) is 6.54 Å². The summed E-state index contributed by atoms with van der Waals surface area (Å²) in [6.45, 7) is -0.314. The standard InChI is InChI=1S/C25H21FN4O3/c26-22-9-5-4-8-21(22)24-19(14-27-23(31)16-28-25(32)33)15-29-30(24)20-12-10-18(11-13-20)17-6-2-1-3-7-17/h1-13,15,28H,14,16H2,(H,27,31)(H,32,33). The summed E-state index contributed by atoms with van der Waals surface area (Å²) >= 11 is 0. The van der Waals surface area contributed by atoms with Gasteiger partial charge in [0.1, 0.15) is 5.82 Å². The largest absolute Gasteiger partial charge is 0.465 e. The number of rotatable bonds is 7. The van der Waals surface area contributed by atoms with Crippen LogP contribution in [0, 0.1) is 5.82 Å². The minimum atomic E-state index is -1.29. The highest BCUT2D eigenvalue weighted by atomic mass is 19.1. The highest BCUT2D eigenvalue weighted by Crippen LogP contribution is 2.30. The summed E-state index contributed by atoms with van der Waals surface area (Å²) in [4.78, 5) is 22.5. The molecular weight excluding hydrogens is 423 g/mol. The van der Waals surface area contributed by atoms with Crippen molar-refractivity contribution >= 4 is 12.0 Å². The number of hydrogen-bond acceptors (Lipinski definition) is 3. The fourth-order valence-electron chi connectivity index (χ4n) is 3.49. The van der Waals surface area contributed by atoms with E-state index < -0.39 is 17.8 Å². The van der Waals surface area contributed by atoms with E-state index in [0.717, 1.165) is 16.8 Å². The third kappa shape index (κ3) is 5.07. The quantitative estimate of drug-likeness (QED) is 0.398. The Kier molecular flexibility index (Phi) is 6.45. The van der Waals surface area contributed by atoms with Crippen molar-refractivity contribution in [2.24, 2.45) is 0 Å². The Morgan fingerprint density at radius 3 is 2.24 bits per heavy atom. The Hall–Kier alpha value is -4.46. The topological polar surface area (TPSA) is 96.2 Å².